The number of aliphatic hydroxyl groups is 1. The summed E-state index contributed by atoms with van der Waals surface area (Å²) in [4.78, 5) is 22.3. The second kappa shape index (κ2) is 11.1. The van der Waals surface area contributed by atoms with Gasteiger partial charge in [-0.25, -0.2) is 4.79 Å². The van der Waals surface area contributed by atoms with Crippen molar-refractivity contribution in [2.24, 2.45) is 0 Å². The van der Waals surface area contributed by atoms with Crippen LogP contribution in [0.3, 0.4) is 0 Å². The topological polar surface area (TPSA) is 98.9 Å². The van der Waals surface area contributed by atoms with Crippen molar-refractivity contribution < 1.29 is 77.1 Å². The summed E-state index contributed by atoms with van der Waals surface area (Å²) in [6, 6.07) is 13.6. The maximum atomic E-state index is 11.5. The number of esters is 1. The van der Waals surface area contributed by atoms with Crippen molar-refractivity contribution in [1.29, 1.82) is 0 Å². The first-order chi connectivity index (χ1) is 12.0. The third-order valence-corrected chi connectivity index (χ3v) is 3.23. The predicted molar refractivity (Wildman–Crippen MR) is 92.2 cm³/mol. The Kier molecular flexibility index (Phi) is 9.53. The summed E-state index contributed by atoms with van der Waals surface area (Å²) in [6.07, 6.45) is 0.992. The zero-order valence-electron chi connectivity index (χ0n) is 15.5. The third kappa shape index (κ3) is 6.22. The normalized spacial score (nSPS) is 10.6. The van der Waals surface area contributed by atoms with E-state index in [1.54, 1.807) is 6.92 Å². The molecule has 0 spiro atoms. The van der Waals surface area contributed by atoms with Gasteiger partial charge in [0.1, 0.15) is 6.61 Å². The zero-order chi connectivity index (χ0) is 18.2. The van der Waals surface area contributed by atoms with Crippen LogP contribution in [0.15, 0.2) is 54.3 Å². The standard InChI is InChI=1S/C18H17NO6.K.H/c1-2-24-18(21)15(20)11-14-9-6-10-16(17(14)19(22)23)25-12-13-7-4-3-5-8-13;;/h3-11,20H,2,12H2,1H3;;/q;+1;-1/b15-11-;;. The second-order valence-electron chi connectivity index (χ2n) is 4.98. The van der Waals surface area contributed by atoms with E-state index in [1.807, 2.05) is 30.3 Å². The smallest absolute Gasteiger partial charge is 1.00 e. The van der Waals surface area contributed by atoms with Crippen LogP contribution >= 0.6 is 0 Å². The zero-order valence-corrected chi connectivity index (χ0v) is 17.7. The molecule has 0 bridgehead atoms. The quantitative estimate of drug-likeness (QED) is 0.189. The Morgan fingerprint density at radius 2 is 1.92 bits per heavy atom. The molecular weight excluding hydrogens is 365 g/mol. The van der Waals surface area contributed by atoms with E-state index in [1.165, 1.54) is 18.2 Å². The van der Waals surface area contributed by atoms with Crippen molar-refractivity contribution in [3.63, 3.8) is 0 Å². The van der Waals surface area contributed by atoms with Gasteiger partial charge in [0, 0.05) is 6.08 Å². The number of hydrogen-bond acceptors (Lipinski definition) is 6. The SMILES string of the molecule is CCOC(=O)/C(O)=C/c1cccc(OCc2ccccc2)c1[N+](=O)[O-].[H-].[K+]. The van der Waals surface area contributed by atoms with E-state index in [0.29, 0.717) is 0 Å². The predicted octanol–water partition coefficient (Wildman–Crippen LogP) is 0.752. The van der Waals surface area contributed by atoms with Gasteiger partial charge in [0.15, 0.2) is 5.75 Å². The molecule has 26 heavy (non-hydrogen) atoms. The molecular formula is C18H18KNO6. The fourth-order valence-corrected chi connectivity index (χ4v) is 2.11. The Hall–Kier alpha value is -1.71. The number of aliphatic hydroxyl groups excluding tert-OH is 1. The summed E-state index contributed by atoms with van der Waals surface area (Å²) in [5.74, 6) is -1.63. The molecule has 132 valence electrons. The van der Waals surface area contributed by atoms with E-state index < -0.39 is 16.7 Å². The first-order valence-electron chi connectivity index (χ1n) is 7.54. The number of nitro groups is 1. The van der Waals surface area contributed by atoms with Gasteiger partial charge in [-0.1, -0.05) is 36.4 Å². The Labute approximate surface area is 194 Å². The minimum absolute atomic E-state index is 0. The van der Waals surface area contributed by atoms with Crippen LogP contribution in [0.4, 0.5) is 5.69 Å². The molecule has 0 saturated heterocycles. The maximum absolute atomic E-state index is 11.5. The minimum atomic E-state index is -0.951. The van der Waals surface area contributed by atoms with E-state index in [4.69, 9.17) is 4.74 Å². The van der Waals surface area contributed by atoms with E-state index in [-0.39, 0.29) is 83.0 Å². The molecule has 0 aliphatic carbocycles. The summed E-state index contributed by atoms with van der Waals surface area (Å²) < 4.78 is 10.2. The molecule has 0 unspecified atom stereocenters. The van der Waals surface area contributed by atoms with Gasteiger partial charge in [0.2, 0.25) is 5.76 Å². The van der Waals surface area contributed by atoms with Crippen molar-refractivity contribution >= 4 is 17.7 Å². The van der Waals surface area contributed by atoms with Crippen LogP contribution in [0.5, 0.6) is 5.75 Å². The molecule has 0 amide bonds. The van der Waals surface area contributed by atoms with Crippen LogP contribution in [0.25, 0.3) is 6.08 Å². The van der Waals surface area contributed by atoms with Crippen molar-refractivity contribution in [3.8, 4) is 5.75 Å². The Morgan fingerprint density at radius 3 is 2.54 bits per heavy atom. The van der Waals surface area contributed by atoms with E-state index in [9.17, 15) is 20.0 Å². The average molecular weight is 383 g/mol. The van der Waals surface area contributed by atoms with Crippen LogP contribution in [-0.2, 0) is 16.1 Å². The average Bonchev–Trinajstić information content (AvgIpc) is 2.60. The van der Waals surface area contributed by atoms with Crippen molar-refractivity contribution in [2.45, 2.75) is 13.5 Å². The number of ether oxygens (including phenoxy) is 2. The van der Waals surface area contributed by atoms with Crippen molar-refractivity contribution in [3.05, 3.63) is 75.5 Å². The number of rotatable bonds is 7. The molecule has 2 aromatic rings. The van der Waals surface area contributed by atoms with Crippen LogP contribution in [0, 0.1) is 10.1 Å². The molecule has 0 atom stereocenters. The largest absolute Gasteiger partial charge is 1.00 e. The van der Waals surface area contributed by atoms with E-state index in [0.717, 1.165) is 11.6 Å². The van der Waals surface area contributed by atoms with Gasteiger partial charge in [-0.15, -0.1) is 0 Å². The number of hydrogen-bond donors (Lipinski definition) is 1. The molecule has 0 aromatic heterocycles. The van der Waals surface area contributed by atoms with Gasteiger partial charge in [0.05, 0.1) is 17.1 Å². The third-order valence-electron chi connectivity index (χ3n) is 3.23. The number of nitro benzene ring substituents is 1. The van der Waals surface area contributed by atoms with Gasteiger partial charge in [-0.2, -0.15) is 0 Å². The molecule has 0 aliphatic heterocycles. The van der Waals surface area contributed by atoms with Crippen LogP contribution < -0.4 is 56.1 Å². The summed E-state index contributed by atoms with van der Waals surface area (Å²) in [5, 5.41) is 21.2. The molecule has 0 saturated carbocycles. The van der Waals surface area contributed by atoms with E-state index in [2.05, 4.69) is 4.74 Å². The van der Waals surface area contributed by atoms with Crippen molar-refractivity contribution in [2.75, 3.05) is 6.61 Å². The second-order valence-corrected chi connectivity index (χ2v) is 4.98. The molecule has 1 N–H and O–H groups in total. The van der Waals surface area contributed by atoms with Gasteiger partial charge in [0.25, 0.3) is 0 Å². The number of para-hydroxylation sites is 1. The summed E-state index contributed by atoms with van der Waals surface area (Å²) in [5.41, 5.74) is 0.558. The van der Waals surface area contributed by atoms with Crippen LogP contribution in [-0.4, -0.2) is 22.6 Å². The molecule has 8 heteroatoms. The summed E-state index contributed by atoms with van der Waals surface area (Å²) >= 11 is 0. The fraction of sp³-hybridized carbons (Fsp3) is 0.167. The summed E-state index contributed by atoms with van der Waals surface area (Å²) in [7, 11) is 0. The van der Waals surface area contributed by atoms with Gasteiger partial charge in [-0.05, 0) is 24.6 Å². The van der Waals surface area contributed by atoms with Crippen LogP contribution in [0.1, 0.15) is 19.5 Å². The number of nitrogens with zero attached hydrogens (tertiary/aromatic N) is 1. The first kappa shape index (κ1) is 22.3. The number of carbonyl (C=O) groups is 1. The van der Waals surface area contributed by atoms with Gasteiger partial charge in [-0.3, -0.25) is 10.1 Å². The maximum Gasteiger partial charge on any atom is 1.00 e. The number of benzene rings is 2. The van der Waals surface area contributed by atoms with Crippen LogP contribution in [0.2, 0.25) is 0 Å². The minimum Gasteiger partial charge on any atom is -1.00 e. The summed E-state index contributed by atoms with van der Waals surface area (Å²) in [6.45, 7) is 1.82. The molecule has 0 radical (unpaired) electrons. The molecule has 0 fully saturated rings. The molecule has 0 aliphatic rings. The Morgan fingerprint density at radius 1 is 1.23 bits per heavy atom. The fourth-order valence-electron chi connectivity index (χ4n) is 2.11. The van der Waals surface area contributed by atoms with Gasteiger partial charge < -0.3 is 16.0 Å². The number of carbonyl (C=O) groups excluding carboxylic acids is 1. The van der Waals surface area contributed by atoms with Crippen molar-refractivity contribution in [1.82, 2.24) is 0 Å². The van der Waals surface area contributed by atoms with E-state index >= 15 is 0 Å². The monoisotopic (exact) mass is 383 g/mol. The molecule has 2 rings (SSSR count). The molecule has 0 heterocycles. The molecule has 2 aromatic carbocycles. The Bertz CT molecular complexity index is 798. The van der Waals surface area contributed by atoms with Gasteiger partial charge >= 0.3 is 63.0 Å². The first-order valence-corrected chi connectivity index (χ1v) is 7.54. The molecule has 7 nitrogen and oxygen atoms in total. The Balaban J connectivity index is 0.00000338.